The minimum Gasteiger partial charge on any atom is -0.494 e. The highest BCUT2D eigenvalue weighted by atomic mass is 32.1. The van der Waals surface area contributed by atoms with Gasteiger partial charge >= 0.3 is 0 Å². The van der Waals surface area contributed by atoms with Crippen LogP contribution < -0.4 is 20.7 Å². The molecule has 0 saturated carbocycles. The van der Waals surface area contributed by atoms with Gasteiger partial charge in [0.25, 0.3) is 11.8 Å². The van der Waals surface area contributed by atoms with Crippen molar-refractivity contribution in [3.8, 4) is 5.75 Å². The third-order valence-electron chi connectivity index (χ3n) is 4.54. The van der Waals surface area contributed by atoms with Gasteiger partial charge in [-0.15, -0.1) is 0 Å². The van der Waals surface area contributed by atoms with Gasteiger partial charge in [0.05, 0.1) is 17.9 Å². The highest BCUT2D eigenvalue weighted by Crippen LogP contribution is 2.16. The fourth-order valence-electron chi connectivity index (χ4n) is 2.71. The largest absolute Gasteiger partial charge is 0.494 e. The Morgan fingerprint density at radius 2 is 1.74 bits per heavy atom. The number of ether oxygens (including phenoxy) is 1. The number of para-hydroxylation sites is 1. The van der Waals surface area contributed by atoms with Crippen LogP contribution >= 0.6 is 12.2 Å². The molecule has 0 aromatic heterocycles. The zero-order valence-electron chi connectivity index (χ0n) is 18.4. The van der Waals surface area contributed by atoms with Gasteiger partial charge in [0.1, 0.15) is 5.75 Å². The maximum Gasteiger partial charge on any atom is 0.257 e. The van der Waals surface area contributed by atoms with Crippen molar-refractivity contribution in [2.45, 2.75) is 40.0 Å². The molecule has 6 nitrogen and oxygen atoms in total. The first-order valence-electron chi connectivity index (χ1n) is 10.6. The SMILES string of the molecule is CCCCNC(=O)c1ccccc1NC(=S)NC(=O)c1ccc(OCCC(C)C)cc1. The maximum absolute atomic E-state index is 12.5. The van der Waals surface area contributed by atoms with Gasteiger partial charge < -0.3 is 15.4 Å². The maximum atomic E-state index is 12.5. The standard InChI is InChI=1S/C24H31N3O3S/c1-4-5-15-25-23(29)20-8-6-7-9-21(20)26-24(31)27-22(28)18-10-12-19(13-11-18)30-16-14-17(2)3/h6-13,17H,4-5,14-16H2,1-3H3,(H,25,29)(H2,26,27,28,31). The van der Waals surface area contributed by atoms with Crippen LogP contribution in [-0.4, -0.2) is 30.1 Å². The lowest BCUT2D eigenvalue weighted by molar-refractivity contribution is 0.0952. The van der Waals surface area contributed by atoms with Crippen LogP contribution in [0.15, 0.2) is 48.5 Å². The molecule has 2 aromatic rings. The molecule has 2 amide bonds. The fraction of sp³-hybridized carbons (Fsp3) is 0.375. The van der Waals surface area contributed by atoms with Crippen LogP contribution in [0.4, 0.5) is 5.69 Å². The van der Waals surface area contributed by atoms with E-state index in [0.717, 1.165) is 25.0 Å². The first-order valence-corrected chi connectivity index (χ1v) is 11.0. The summed E-state index contributed by atoms with van der Waals surface area (Å²) in [6.07, 6.45) is 2.89. The van der Waals surface area contributed by atoms with Gasteiger partial charge in [0.2, 0.25) is 0 Å². The lowest BCUT2D eigenvalue weighted by Gasteiger charge is -2.14. The van der Waals surface area contributed by atoms with Crippen molar-refractivity contribution < 1.29 is 14.3 Å². The van der Waals surface area contributed by atoms with Crippen LogP contribution in [0.2, 0.25) is 0 Å². The number of unbranched alkanes of at least 4 members (excludes halogenated alkanes) is 1. The molecule has 2 aromatic carbocycles. The summed E-state index contributed by atoms with van der Waals surface area (Å²) in [5.41, 5.74) is 1.47. The normalized spacial score (nSPS) is 10.5. The van der Waals surface area contributed by atoms with E-state index in [1.807, 2.05) is 0 Å². The van der Waals surface area contributed by atoms with Crippen molar-refractivity contribution >= 4 is 34.8 Å². The molecule has 0 fully saturated rings. The molecule has 0 saturated heterocycles. The molecule has 2 rings (SSSR count). The highest BCUT2D eigenvalue weighted by molar-refractivity contribution is 7.80. The summed E-state index contributed by atoms with van der Waals surface area (Å²) in [6, 6.07) is 14.0. The van der Waals surface area contributed by atoms with Crippen molar-refractivity contribution in [3.63, 3.8) is 0 Å². The second-order valence-corrected chi connectivity index (χ2v) is 8.03. The Labute approximate surface area is 189 Å². The third kappa shape index (κ3) is 8.38. The van der Waals surface area contributed by atoms with Crippen LogP contribution in [0.3, 0.4) is 0 Å². The molecule has 0 spiro atoms. The molecule has 166 valence electrons. The smallest absolute Gasteiger partial charge is 0.257 e. The number of nitrogens with one attached hydrogen (secondary N) is 3. The number of rotatable bonds is 10. The number of benzene rings is 2. The number of carbonyl (C=O) groups excluding carboxylic acids is 2. The Kier molecular flexibility index (Phi) is 9.97. The number of hydrogen-bond acceptors (Lipinski definition) is 4. The molecule has 3 N–H and O–H groups in total. The zero-order chi connectivity index (χ0) is 22.6. The van der Waals surface area contributed by atoms with Gasteiger partial charge in [-0.2, -0.15) is 0 Å². The summed E-state index contributed by atoms with van der Waals surface area (Å²) in [5, 5.41) is 8.60. The molecule has 0 bridgehead atoms. The Hall–Kier alpha value is -2.93. The van der Waals surface area contributed by atoms with Crippen LogP contribution in [0.1, 0.15) is 60.7 Å². The van der Waals surface area contributed by atoms with Crippen molar-refractivity contribution in [2.24, 2.45) is 5.92 Å². The predicted molar refractivity (Wildman–Crippen MR) is 129 cm³/mol. The van der Waals surface area contributed by atoms with Gasteiger partial charge in [-0.05, 0) is 67.4 Å². The second kappa shape index (κ2) is 12.7. The van der Waals surface area contributed by atoms with E-state index in [9.17, 15) is 9.59 Å². The van der Waals surface area contributed by atoms with E-state index in [0.29, 0.717) is 35.9 Å². The van der Waals surface area contributed by atoms with Gasteiger partial charge in [0, 0.05) is 12.1 Å². The summed E-state index contributed by atoms with van der Waals surface area (Å²) in [6.45, 7) is 7.61. The van der Waals surface area contributed by atoms with E-state index in [1.54, 1.807) is 48.5 Å². The monoisotopic (exact) mass is 441 g/mol. The second-order valence-electron chi connectivity index (χ2n) is 7.62. The van der Waals surface area contributed by atoms with E-state index in [-0.39, 0.29) is 16.9 Å². The summed E-state index contributed by atoms with van der Waals surface area (Å²) in [5.74, 6) is 0.780. The van der Waals surface area contributed by atoms with E-state index in [2.05, 4.69) is 36.7 Å². The summed E-state index contributed by atoms with van der Waals surface area (Å²) < 4.78 is 5.67. The first-order chi connectivity index (χ1) is 14.9. The van der Waals surface area contributed by atoms with Crippen molar-refractivity contribution in [3.05, 3.63) is 59.7 Å². The Morgan fingerprint density at radius 3 is 2.42 bits per heavy atom. The summed E-state index contributed by atoms with van der Waals surface area (Å²) >= 11 is 5.27. The van der Waals surface area contributed by atoms with Crippen molar-refractivity contribution in [2.75, 3.05) is 18.5 Å². The van der Waals surface area contributed by atoms with Crippen molar-refractivity contribution in [1.29, 1.82) is 0 Å². The Bertz CT molecular complexity index is 882. The molecule has 7 heteroatoms. The molecule has 0 aliphatic rings. The van der Waals surface area contributed by atoms with Gasteiger partial charge in [0.15, 0.2) is 5.11 Å². The highest BCUT2D eigenvalue weighted by Gasteiger charge is 2.13. The van der Waals surface area contributed by atoms with Gasteiger partial charge in [-0.3, -0.25) is 14.9 Å². The molecule has 0 aliphatic carbocycles. The minimum absolute atomic E-state index is 0.121. The summed E-state index contributed by atoms with van der Waals surface area (Å²) in [7, 11) is 0. The molecule has 0 radical (unpaired) electrons. The molecular weight excluding hydrogens is 410 g/mol. The Morgan fingerprint density at radius 1 is 1.03 bits per heavy atom. The molecule has 0 unspecified atom stereocenters. The molecular formula is C24H31N3O3S. The van der Waals surface area contributed by atoms with E-state index in [1.165, 1.54) is 0 Å². The minimum atomic E-state index is -0.337. The topological polar surface area (TPSA) is 79.5 Å². The number of carbonyl (C=O) groups is 2. The molecule has 31 heavy (non-hydrogen) atoms. The van der Waals surface area contributed by atoms with E-state index >= 15 is 0 Å². The van der Waals surface area contributed by atoms with Crippen LogP contribution in [-0.2, 0) is 0 Å². The van der Waals surface area contributed by atoms with E-state index < -0.39 is 0 Å². The van der Waals surface area contributed by atoms with Crippen LogP contribution in [0.5, 0.6) is 5.75 Å². The number of hydrogen-bond donors (Lipinski definition) is 3. The summed E-state index contributed by atoms with van der Waals surface area (Å²) in [4.78, 5) is 24.9. The average molecular weight is 442 g/mol. The lowest BCUT2D eigenvalue weighted by atomic mass is 10.1. The number of anilines is 1. The average Bonchev–Trinajstić information content (AvgIpc) is 2.74. The van der Waals surface area contributed by atoms with Crippen LogP contribution in [0.25, 0.3) is 0 Å². The van der Waals surface area contributed by atoms with Gasteiger partial charge in [-0.1, -0.05) is 39.3 Å². The van der Waals surface area contributed by atoms with Gasteiger partial charge in [-0.25, -0.2) is 0 Å². The number of thiocarbonyl (C=S) groups is 1. The van der Waals surface area contributed by atoms with Crippen LogP contribution in [0, 0.1) is 5.92 Å². The van der Waals surface area contributed by atoms with Crippen molar-refractivity contribution in [1.82, 2.24) is 10.6 Å². The number of amides is 2. The predicted octanol–water partition coefficient (Wildman–Crippen LogP) is 4.77. The first kappa shape index (κ1) is 24.3. The molecule has 0 aliphatic heterocycles. The third-order valence-corrected chi connectivity index (χ3v) is 4.75. The zero-order valence-corrected chi connectivity index (χ0v) is 19.2. The molecule has 0 atom stereocenters. The lowest BCUT2D eigenvalue weighted by Crippen LogP contribution is -2.35. The molecule has 0 heterocycles. The quantitative estimate of drug-likeness (QED) is 0.366. The Balaban J connectivity index is 1.92. The van der Waals surface area contributed by atoms with E-state index in [4.69, 9.17) is 17.0 Å². The fourth-order valence-corrected chi connectivity index (χ4v) is 2.91.